The van der Waals surface area contributed by atoms with E-state index in [1.807, 2.05) is 24.3 Å². The monoisotopic (exact) mass is 427 g/mol. The van der Waals surface area contributed by atoms with Crippen molar-refractivity contribution < 1.29 is 0 Å². The van der Waals surface area contributed by atoms with Crippen LogP contribution in [0.25, 0.3) is 11.4 Å². The molecule has 6 heteroatoms. The second-order valence-electron chi connectivity index (χ2n) is 8.29. The molecule has 1 aromatic heterocycles. The fourth-order valence-electron chi connectivity index (χ4n) is 3.76. The van der Waals surface area contributed by atoms with Gasteiger partial charge in [-0.3, -0.25) is 5.32 Å². The Hall–Kier alpha value is -2.11. The van der Waals surface area contributed by atoms with Crippen molar-refractivity contribution in [1.29, 1.82) is 0 Å². The zero-order chi connectivity index (χ0) is 21.5. The zero-order valence-electron chi connectivity index (χ0n) is 18.4. The SMILES string of the molecule is C=C(Nc1nc(-c2ccccc2Cl)nc2c1CCCCC2)NC(NCCC)C(C)C. The van der Waals surface area contributed by atoms with Crippen LogP contribution in [-0.4, -0.2) is 22.7 Å². The van der Waals surface area contributed by atoms with E-state index in [0.29, 0.717) is 16.8 Å². The molecule has 30 heavy (non-hydrogen) atoms. The number of nitrogens with zero attached hydrogens (tertiary/aromatic N) is 2. The van der Waals surface area contributed by atoms with Crippen LogP contribution in [0.4, 0.5) is 5.82 Å². The van der Waals surface area contributed by atoms with E-state index >= 15 is 0 Å². The summed E-state index contributed by atoms with van der Waals surface area (Å²) in [7, 11) is 0. The molecule has 1 atom stereocenters. The molecule has 5 nitrogen and oxygen atoms in total. The molecular weight excluding hydrogens is 394 g/mol. The van der Waals surface area contributed by atoms with E-state index in [2.05, 4.69) is 43.3 Å². The first kappa shape index (κ1) is 22.6. The van der Waals surface area contributed by atoms with Gasteiger partial charge >= 0.3 is 0 Å². The first-order valence-electron chi connectivity index (χ1n) is 11.1. The molecule has 0 amide bonds. The molecule has 0 spiro atoms. The average molecular weight is 428 g/mol. The van der Waals surface area contributed by atoms with Gasteiger partial charge in [0.1, 0.15) is 5.82 Å². The fourth-order valence-corrected chi connectivity index (χ4v) is 3.98. The lowest BCUT2D eigenvalue weighted by atomic mass is 10.1. The molecule has 1 aliphatic rings. The Morgan fingerprint density at radius 3 is 2.63 bits per heavy atom. The maximum Gasteiger partial charge on any atom is 0.163 e. The number of fused-ring (bicyclic) bond motifs is 1. The van der Waals surface area contributed by atoms with Gasteiger partial charge in [0.05, 0.1) is 17.0 Å². The van der Waals surface area contributed by atoms with E-state index in [1.54, 1.807) is 0 Å². The van der Waals surface area contributed by atoms with Gasteiger partial charge in [-0.1, -0.05) is 57.5 Å². The number of hydrogen-bond donors (Lipinski definition) is 3. The molecule has 0 bridgehead atoms. The van der Waals surface area contributed by atoms with Crippen LogP contribution in [-0.2, 0) is 12.8 Å². The van der Waals surface area contributed by atoms with Crippen molar-refractivity contribution >= 4 is 17.4 Å². The third-order valence-corrected chi connectivity index (χ3v) is 5.76. The number of anilines is 1. The molecule has 0 radical (unpaired) electrons. The number of aryl methyl sites for hydroxylation is 1. The highest BCUT2D eigenvalue weighted by Crippen LogP contribution is 2.31. The van der Waals surface area contributed by atoms with Gasteiger partial charge in [-0.25, -0.2) is 9.97 Å². The van der Waals surface area contributed by atoms with Gasteiger partial charge in [-0.15, -0.1) is 0 Å². The highest BCUT2D eigenvalue weighted by atomic mass is 35.5. The lowest BCUT2D eigenvalue weighted by Crippen LogP contribution is -2.46. The lowest BCUT2D eigenvalue weighted by molar-refractivity contribution is 0.360. The standard InChI is InChI=1S/C24H34ClN5/c1-5-15-26-22(16(2)3)27-17(4)28-24-19-12-7-6-8-14-21(19)29-23(30-24)18-11-9-10-13-20(18)25/h9-11,13,16,22,26-27H,4-8,12,14-15H2,1-3H3,(H,28,29,30). The summed E-state index contributed by atoms with van der Waals surface area (Å²) in [5, 5.41) is 11.1. The summed E-state index contributed by atoms with van der Waals surface area (Å²) in [6, 6.07) is 7.75. The molecule has 3 N–H and O–H groups in total. The van der Waals surface area contributed by atoms with Crippen molar-refractivity contribution in [2.75, 3.05) is 11.9 Å². The zero-order valence-corrected chi connectivity index (χ0v) is 19.1. The summed E-state index contributed by atoms with van der Waals surface area (Å²) in [5.41, 5.74) is 3.18. The highest BCUT2D eigenvalue weighted by Gasteiger charge is 2.20. The van der Waals surface area contributed by atoms with Crippen molar-refractivity contribution in [2.24, 2.45) is 5.92 Å². The Kier molecular flexibility index (Phi) is 8.11. The Morgan fingerprint density at radius 1 is 1.13 bits per heavy atom. The summed E-state index contributed by atoms with van der Waals surface area (Å²) in [5.74, 6) is 2.68. The van der Waals surface area contributed by atoms with E-state index in [4.69, 9.17) is 21.6 Å². The Morgan fingerprint density at radius 2 is 1.90 bits per heavy atom. The minimum Gasteiger partial charge on any atom is -0.357 e. The predicted molar refractivity (Wildman–Crippen MR) is 127 cm³/mol. The van der Waals surface area contributed by atoms with Crippen molar-refractivity contribution in [1.82, 2.24) is 20.6 Å². The molecule has 3 rings (SSSR count). The minimum absolute atomic E-state index is 0.147. The normalized spacial score (nSPS) is 14.7. The van der Waals surface area contributed by atoms with Crippen molar-refractivity contribution in [3.8, 4) is 11.4 Å². The molecule has 1 aromatic carbocycles. The molecule has 1 heterocycles. The van der Waals surface area contributed by atoms with E-state index in [9.17, 15) is 0 Å². The molecule has 162 valence electrons. The molecule has 0 saturated heterocycles. The van der Waals surface area contributed by atoms with Crippen molar-refractivity contribution in [3.63, 3.8) is 0 Å². The molecule has 2 aromatic rings. The predicted octanol–water partition coefficient (Wildman–Crippen LogP) is 5.52. The fraction of sp³-hybridized carbons (Fsp3) is 0.500. The van der Waals surface area contributed by atoms with Crippen LogP contribution in [0.15, 0.2) is 36.7 Å². The smallest absolute Gasteiger partial charge is 0.163 e. The first-order valence-corrected chi connectivity index (χ1v) is 11.5. The number of halogens is 1. The second-order valence-corrected chi connectivity index (χ2v) is 8.69. The Balaban J connectivity index is 1.89. The van der Waals surface area contributed by atoms with Gasteiger partial charge in [-0.2, -0.15) is 0 Å². The number of hydrogen-bond acceptors (Lipinski definition) is 5. The summed E-state index contributed by atoms with van der Waals surface area (Å²) < 4.78 is 0. The van der Waals surface area contributed by atoms with Crippen molar-refractivity contribution in [2.45, 2.75) is 65.5 Å². The molecule has 1 aliphatic carbocycles. The molecule has 0 fully saturated rings. The highest BCUT2D eigenvalue weighted by molar-refractivity contribution is 6.33. The quantitative estimate of drug-likeness (QED) is 0.363. The summed E-state index contributed by atoms with van der Waals surface area (Å²) in [6.07, 6.45) is 6.71. The summed E-state index contributed by atoms with van der Waals surface area (Å²) in [6.45, 7) is 11.7. The van der Waals surface area contributed by atoms with E-state index < -0.39 is 0 Å². The largest absolute Gasteiger partial charge is 0.357 e. The van der Waals surface area contributed by atoms with Crippen LogP contribution in [0.1, 0.15) is 57.7 Å². The molecule has 0 saturated carbocycles. The molecule has 0 aliphatic heterocycles. The van der Waals surface area contributed by atoms with E-state index in [0.717, 1.165) is 61.5 Å². The van der Waals surface area contributed by atoms with Gasteiger partial charge in [0.2, 0.25) is 0 Å². The maximum atomic E-state index is 6.45. The molecule has 1 unspecified atom stereocenters. The van der Waals surface area contributed by atoms with Gasteiger partial charge in [0.15, 0.2) is 5.82 Å². The van der Waals surface area contributed by atoms with Gasteiger partial charge in [0.25, 0.3) is 0 Å². The van der Waals surface area contributed by atoms with Gasteiger partial charge in [-0.05, 0) is 56.7 Å². The number of benzene rings is 1. The topological polar surface area (TPSA) is 61.9 Å². The third-order valence-electron chi connectivity index (χ3n) is 5.43. The second kappa shape index (κ2) is 10.8. The van der Waals surface area contributed by atoms with Crippen LogP contribution in [0, 0.1) is 5.92 Å². The van der Waals surface area contributed by atoms with E-state index in [-0.39, 0.29) is 6.17 Å². The van der Waals surface area contributed by atoms with E-state index in [1.165, 1.54) is 12.0 Å². The van der Waals surface area contributed by atoms with Crippen LogP contribution in [0.5, 0.6) is 0 Å². The summed E-state index contributed by atoms with van der Waals surface area (Å²) in [4.78, 5) is 9.79. The van der Waals surface area contributed by atoms with Gasteiger partial charge in [0, 0.05) is 16.8 Å². The molecular formula is C24H34ClN5. The number of aromatic nitrogens is 2. The van der Waals surface area contributed by atoms with Crippen LogP contribution in [0.2, 0.25) is 5.02 Å². The minimum atomic E-state index is 0.147. The third kappa shape index (κ3) is 5.73. The number of rotatable bonds is 9. The van der Waals surface area contributed by atoms with Crippen LogP contribution < -0.4 is 16.0 Å². The Bertz CT molecular complexity index is 865. The lowest BCUT2D eigenvalue weighted by Gasteiger charge is -2.26. The Labute approximate surface area is 185 Å². The number of nitrogens with one attached hydrogen (secondary N) is 3. The summed E-state index contributed by atoms with van der Waals surface area (Å²) >= 11 is 6.45. The average Bonchev–Trinajstić information content (AvgIpc) is 2.97. The van der Waals surface area contributed by atoms with Crippen LogP contribution in [0.3, 0.4) is 0 Å². The van der Waals surface area contributed by atoms with Gasteiger partial charge < -0.3 is 10.6 Å². The van der Waals surface area contributed by atoms with Crippen molar-refractivity contribution in [3.05, 3.63) is 52.9 Å². The van der Waals surface area contributed by atoms with Crippen LogP contribution >= 0.6 is 11.6 Å². The first-order chi connectivity index (χ1) is 14.5. The maximum absolute atomic E-state index is 6.45.